The minimum atomic E-state index is -0.613. The van der Waals surface area contributed by atoms with Gasteiger partial charge in [-0.05, 0) is 41.4 Å². The van der Waals surface area contributed by atoms with Crippen LogP contribution in [0, 0.1) is 6.92 Å². The molecule has 17 heavy (non-hydrogen) atoms. The molecular formula is C12H13BrN2O2. The summed E-state index contributed by atoms with van der Waals surface area (Å²) in [5.41, 5.74) is 1.58. The summed E-state index contributed by atoms with van der Waals surface area (Å²) in [5.74, 6) is 0.821. The molecule has 1 aromatic rings. The van der Waals surface area contributed by atoms with Gasteiger partial charge in [-0.3, -0.25) is 0 Å². The van der Waals surface area contributed by atoms with Crippen molar-refractivity contribution in [1.82, 2.24) is 10.6 Å². The second-order valence-corrected chi connectivity index (χ2v) is 5.71. The molecule has 1 saturated heterocycles. The predicted molar refractivity (Wildman–Crippen MR) is 66.9 cm³/mol. The third kappa shape index (κ3) is 1.69. The second-order valence-electron chi connectivity index (χ2n) is 4.85. The molecule has 0 spiro atoms. The topological polar surface area (TPSA) is 50.4 Å². The van der Waals surface area contributed by atoms with Crippen molar-refractivity contribution in [2.45, 2.75) is 32.0 Å². The first kappa shape index (κ1) is 10.9. The van der Waals surface area contributed by atoms with E-state index in [0.717, 1.165) is 27.8 Å². The first-order valence-corrected chi connectivity index (χ1v) is 6.34. The SMILES string of the molecule is Cc1cc(Br)c2c(c1)C1CC(C)(NC(=O)N1)O2. The Balaban J connectivity index is 2.16. The van der Waals surface area contributed by atoms with Crippen molar-refractivity contribution in [3.05, 3.63) is 27.7 Å². The number of carbonyl (C=O) groups excluding carboxylic acids is 1. The third-order valence-electron chi connectivity index (χ3n) is 3.20. The Bertz CT molecular complexity index is 517. The van der Waals surface area contributed by atoms with Gasteiger partial charge in [-0.2, -0.15) is 0 Å². The summed E-state index contributed by atoms with van der Waals surface area (Å²) in [5, 5.41) is 5.75. The summed E-state index contributed by atoms with van der Waals surface area (Å²) in [6, 6.07) is 3.93. The van der Waals surface area contributed by atoms with Crippen LogP contribution in [0.4, 0.5) is 4.79 Å². The minimum absolute atomic E-state index is 0.0219. The summed E-state index contributed by atoms with van der Waals surface area (Å²) in [6.45, 7) is 3.93. The van der Waals surface area contributed by atoms with Gasteiger partial charge in [0.15, 0.2) is 5.72 Å². The Hall–Kier alpha value is -1.23. The van der Waals surface area contributed by atoms with Gasteiger partial charge in [-0.25, -0.2) is 4.79 Å². The molecule has 0 radical (unpaired) electrons. The fourth-order valence-electron chi connectivity index (χ4n) is 2.53. The summed E-state index contributed by atoms with van der Waals surface area (Å²) < 4.78 is 6.86. The highest BCUT2D eigenvalue weighted by Gasteiger charge is 2.43. The molecule has 4 nitrogen and oxygen atoms in total. The molecule has 1 aromatic carbocycles. The lowest BCUT2D eigenvalue weighted by atomic mass is 9.91. The number of carbonyl (C=O) groups is 1. The van der Waals surface area contributed by atoms with Crippen molar-refractivity contribution in [3.63, 3.8) is 0 Å². The van der Waals surface area contributed by atoms with Crippen LogP contribution in [0.3, 0.4) is 0 Å². The van der Waals surface area contributed by atoms with E-state index < -0.39 is 5.72 Å². The molecule has 3 rings (SSSR count). The van der Waals surface area contributed by atoms with Crippen molar-refractivity contribution in [1.29, 1.82) is 0 Å². The Labute approximate surface area is 108 Å². The Kier molecular flexibility index (Phi) is 2.17. The van der Waals surface area contributed by atoms with Gasteiger partial charge in [0.1, 0.15) is 5.75 Å². The largest absolute Gasteiger partial charge is 0.467 e. The molecule has 2 atom stereocenters. The lowest BCUT2D eigenvalue weighted by molar-refractivity contribution is 0.0111. The molecule has 2 aliphatic heterocycles. The summed E-state index contributed by atoms with van der Waals surface area (Å²) in [4.78, 5) is 11.5. The number of halogens is 1. The van der Waals surface area contributed by atoms with Gasteiger partial charge in [0, 0.05) is 12.0 Å². The van der Waals surface area contributed by atoms with Crippen LogP contribution in [0.2, 0.25) is 0 Å². The van der Waals surface area contributed by atoms with Crippen molar-refractivity contribution >= 4 is 22.0 Å². The van der Waals surface area contributed by atoms with Gasteiger partial charge < -0.3 is 15.4 Å². The van der Waals surface area contributed by atoms with E-state index in [9.17, 15) is 4.79 Å². The van der Waals surface area contributed by atoms with Crippen LogP contribution in [-0.4, -0.2) is 11.8 Å². The van der Waals surface area contributed by atoms with Crippen LogP contribution in [0.1, 0.15) is 30.5 Å². The zero-order valence-electron chi connectivity index (χ0n) is 9.63. The Morgan fingerprint density at radius 2 is 2.29 bits per heavy atom. The number of urea groups is 1. The number of amides is 2. The molecule has 90 valence electrons. The maximum atomic E-state index is 11.5. The highest BCUT2D eigenvalue weighted by molar-refractivity contribution is 9.10. The zero-order valence-corrected chi connectivity index (χ0v) is 11.2. The first-order valence-electron chi connectivity index (χ1n) is 5.55. The fourth-order valence-corrected chi connectivity index (χ4v) is 3.20. The maximum Gasteiger partial charge on any atom is 0.318 e. The number of rotatable bonds is 0. The minimum Gasteiger partial charge on any atom is -0.467 e. The zero-order chi connectivity index (χ0) is 12.2. The maximum absolute atomic E-state index is 11.5. The molecule has 2 unspecified atom stereocenters. The van der Waals surface area contributed by atoms with Crippen molar-refractivity contribution < 1.29 is 9.53 Å². The van der Waals surface area contributed by atoms with Gasteiger partial charge in [0.2, 0.25) is 0 Å². The molecule has 0 saturated carbocycles. The monoisotopic (exact) mass is 296 g/mol. The summed E-state index contributed by atoms with van der Waals surface area (Å²) in [7, 11) is 0. The van der Waals surface area contributed by atoms with E-state index in [1.807, 2.05) is 19.9 Å². The smallest absolute Gasteiger partial charge is 0.318 e. The Morgan fingerprint density at radius 3 is 3.06 bits per heavy atom. The summed E-state index contributed by atoms with van der Waals surface area (Å²) >= 11 is 3.51. The van der Waals surface area contributed by atoms with Gasteiger partial charge in [-0.15, -0.1) is 0 Å². The molecule has 2 bridgehead atoms. The van der Waals surface area contributed by atoms with Gasteiger partial charge in [-0.1, -0.05) is 6.07 Å². The van der Waals surface area contributed by atoms with Crippen LogP contribution < -0.4 is 15.4 Å². The predicted octanol–water partition coefficient (Wildman–Crippen LogP) is 2.61. The number of hydrogen-bond donors (Lipinski definition) is 2. The van der Waals surface area contributed by atoms with Gasteiger partial charge in [0.25, 0.3) is 0 Å². The third-order valence-corrected chi connectivity index (χ3v) is 3.79. The molecule has 5 heteroatoms. The molecular weight excluding hydrogens is 284 g/mol. The molecule has 0 aromatic heterocycles. The van der Waals surface area contributed by atoms with E-state index in [1.54, 1.807) is 0 Å². The van der Waals surface area contributed by atoms with Gasteiger partial charge >= 0.3 is 6.03 Å². The number of ether oxygens (including phenoxy) is 1. The normalized spacial score (nSPS) is 29.8. The van der Waals surface area contributed by atoms with E-state index in [0.29, 0.717) is 0 Å². The Morgan fingerprint density at radius 1 is 1.53 bits per heavy atom. The molecule has 1 fully saturated rings. The second kappa shape index (κ2) is 3.38. The standard InChI is InChI=1S/C12H13BrN2O2/c1-6-3-7-9-5-12(2,15-11(16)14-9)17-10(7)8(13)4-6/h3-4,9H,5H2,1-2H3,(H2,14,15,16). The highest BCUT2D eigenvalue weighted by Crippen LogP contribution is 2.44. The average molecular weight is 297 g/mol. The quantitative estimate of drug-likeness (QED) is 0.773. The van der Waals surface area contributed by atoms with E-state index in [2.05, 4.69) is 32.6 Å². The van der Waals surface area contributed by atoms with Crippen LogP contribution >= 0.6 is 15.9 Å². The van der Waals surface area contributed by atoms with Crippen LogP contribution in [0.15, 0.2) is 16.6 Å². The van der Waals surface area contributed by atoms with Crippen molar-refractivity contribution in [2.75, 3.05) is 0 Å². The van der Waals surface area contributed by atoms with Crippen LogP contribution in [0.25, 0.3) is 0 Å². The van der Waals surface area contributed by atoms with Crippen molar-refractivity contribution in [3.8, 4) is 5.75 Å². The van der Waals surface area contributed by atoms with Crippen LogP contribution in [0.5, 0.6) is 5.75 Å². The van der Waals surface area contributed by atoms with E-state index >= 15 is 0 Å². The number of benzene rings is 1. The molecule has 2 amide bonds. The molecule has 2 aliphatic rings. The first-order chi connectivity index (χ1) is 7.97. The van der Waals surface area contributed by atoms with Crippen LogP contribution in [-0.2, 0) is 0 Å². The van der Waals surface area contributed by atoms with Gasteiger partial charge in [0.05, 0.1) is 10.5 Å². The molecule has 2 heterocycles. The van der Waals surface area contributed by atoms with E-state index in [4.69, 9.17) is 4.74 Å². The molecule has 0 aliphatic carbocycles. The van der Waals surface area contributed by atoms with Crippen molar-refractivity contribution in [2.24, 2.45) is 0 Å². The lowest BCUT2D eigenvalue weighted by Gasteiger charge is -2.44. The number of hydrogen-bond acceptors (Lipinski definition) is 2. The molecule has 2 N–H and O–H groups in total. The summed E-state index contributed by atoms with van der Waals surface area (Å²) in [6.07, 6.45) is 0.738. The number of nitrogens with one attached hydrogen (secondary N) is 2. The van der Waals surface area contributed by atoms with E-state index in [-0.39, 0.29) is 12.1 Å². The average Bonchev–Trinajstić information content (AvgIpc) is 2.19. The highest BCUT2D eigenvalue weighted by atomic mass is 79.9. The fraction of sp³-hybridized carbons (Fsp3) is 0.417. The lowest BCUT2D eigenvalue weighted by Crippen LogP contribution is -2.62. The van der Waals surface area contributed by atoms with E-state index in [1.165, 1.54) is 0 Å². The number of fused-ring (bicyclic) bond motifs is 4. The number of aryl methyl sites for hydroxylation is 1.